The highest BCUT2D eigenvalue weighted by molar-refractivity contribution is 14.0. The molecule has 0 aliphatic carbocycles. The normalized spacial score (nSPS) is 20.2. The molecule has 2 aliphatic heterocycles. The fraction of sp³-hybridized carbons (Fsp3) is 0.800. The van der Waals surface area contributed by atoms with E-state index in [2.05, 4.69) is 39.0 Å². The second kappa shape index (κ2) is 12.6. The Morgan fingerprint density at radius 3 is 2.50 bits per heavy atom. The number of piperazine rings is 1. The summed E-state index contributed by atoms with van der Waals surface area (Å²) in [4.78, 5) is 12.4. The Morgan fingerprint density at radius 1 is 1.14 bits per heavy atom. The van der Waals surface area contributed by atoms with Gasteiger partial charge in [-0.2, -0.15) is 0 Å². The molecule has 2 saturated heterocycles. The predicted octanol–water partition coefficient (Wildman–Crippen LogP) is 2.50. The maximum Gasteiger partial charge on any atom is 0.194 e. The van der Waals surface area contributed by atoms with Gasteiger partial charge in [0.15, 0.2) is 5.96 Å². The minimum Gasteiger partial charge on any atom is -0.364 e. The van der Waals surface area contributed by atoms with Gasteiger partial charge in [0.1, 0.15) is 6.26 Å². The van der Waals surface area contributed by atoms with Crippen LogP contribution in [-0.4, -0.2) is 84.7 Å². The summed E-state index contributed by atoms with van der Waals surface area (Å²) in [7, 11) is 0. The Hall–Kier alpha value is -0.870. The van der Waals surface area contributed by atoms with E-state index in [4.69, 9.17) is 9.52 Å². The molecule has 1 N–H and O–H groups in total. The number of rotatable bonds is 7. The van der Waals surface area contributed by atoms with Crippen molar-refractivity contribution in [3.8, 4) is 0 Å². The van der Waals surface area contributed by atoms with Crippen LogP contribution in [0.1, 0.15) is 38.8 Å². The maximum absolute atomic E-state index is 5.00. The van der Waals surface area contributed by atoms with Crippen LogP contribution in [0.25, 0.3) is 0 Å². The number of piperidine rings is 1. The molecular weight excluding hydrogens is 467 g/mol. The lowest BCUT2D eigenvalue weighted by atomic mass is 9.97. The Kier molecular flexibility index (Phi) is 10.6. The van der Waals surface area contributed by atoms with Crippen LogP contribution in [0, 0.1) is 5.92 Å². The van der Waals surface area contributed by atoms with Gasteiger partial charge in [-0.3, -0.25) is 9.89 Å². The quantitative estimate of drug-likeness (QED) is 0.350. The van der Waals surface area contributed by atoms with Crippen LogP contribution in [0.2, 0.25) is 0 Å². The highest BCUT2D eigenvalue weighted by Crippen LogP contribution is 2.18. The molecule has 0 unspecified atom stereocenters. The Bertz CT molecular complexity index is 551. The van der Waals surface area contributed by atoms with Crippen molar-refractivity contribution >= 4 is 29.9 Å². The summed E-state index contributed by atoms with van der Waals surface area (Å²) >= 11 is 0. The summed E-state index contributed by atoms with van der Waals surface area (Å²) in [5, 5.41) is 7.52. The van der Waals surface area contributed by atoms with Crippen molar-refractivity contribution in [3.63, 3.8) is 0 Å². The first-order valence-electron chi connectivity index (χ1n) is 10.7. The van der Waals surface area contributed by atoms with Gasteiger partial charge in [-0.15, -0.1) is 24.0 Å². The topological polar surface area (TPSA) is 60.1 Å². The molecule has 2 aliphatic rings. The molecule has 0 aromatic carbocycles. The fourth-order valence-electron chi connectivity index (χ4n) is 4.02. The van der Waals surface area contributed by atoms with E-state index < -0.39 is 0 Å². The molecule has 3 heterocycles. The average Bonchev–Trinajstić information content (AvgIpc) is 3.20. The number of aromatic nitrogens is 1. The lowest BCUT2D eigenvalue weighted by molar-refractivity contribution is 0.168. The Morgan fingerprint density at radius 2 is 1.89 bits per heavy atom. The molecule has 0 saturated carbocycles. The van der Waals surface area contributed by atoms with Crippen molar-refractivity contribution in [2.75, 3.05) is 58.9 Å². The summed E-state index contributed by atoms with van der Waals surface area (Å²) in [5.74, 6) is 1.83. The van der Waals surface area contributed by atoms with E-state index in [-0.39, 0.29) is 24.0 Å². The number of likely N-dealkylation sites (tertiary alicyclic amines) is 1. The number of nitrogens with one attached hydrogen (secondary N) is 1. The number of hydrogen-bond acceptors (Lipinski definition) is 5. The average molecular weight is 504 g/mol. The zero-order chi connectivity index (χ0) is 18.9. The zero-order valence-corrected chi connectivity index (χ0v) is 19.8. The minimum atomic E-state index is 0. The van der Waals surface area contributed by atoms with Crippen LogP contribution < -0.4 is 5.32 Å². The number of nitrogens with zero attached hydrogens (tertiary/aromatic N) is 5. The van der Waals surface area contributed by atoms with E-state index in [0.29, 0.717) is 0 Å². The maximum atomic E-state index is 5.00. The van der Waals surface area contributed by atoms with Crippen molar-refractivity contribution in [2.24, 2.45) is 10.9 Å². The molecule has 0 amide bonds. The molecule has 0 atom stereocenters. The third kappa shape index (κ3) is 7.18. The van der Waals surface area contributed by atoms with Gasteiger partial charge in [0, 0.05) is 51.9 Å². The Balaban J connectivity index is 0.00000280. The molecule has 3 rings (SSSR count). The first-order chi connectivity index (χ1) is 13.3. The van der Waals surface area contributed by atoms with E-state index in [1.807, 2.05) is 6.07 Å². The highest BCUT2D eigenvalue weighted by Gasteiger charge is 2.22. The summed E-state index contributed by atoms with van der Waals surface area (Å²) in [6.07, 6.45) is 5.48. The van der Waals surface area contributed by atoms with Crippen LogP contribution in [0.4, 0.5) is 0 Å². The van der Waals surface area contributed by atoms with Gasteiger partial charge in [0.25, 0.3) is 0 Å². The number of halogens is 1. The lowest BCUT2D eigenvalue weighted by Crippen LogP contribution is -2.52. The van der Waals surface area contributed by atoms with Gasteiger partial charge < -0.3 is 19.6 Å². The van der Waals surface area contributed by atoms with E-state index in [1.54, 1.807) is 6.26 Å². The van der Waals surface area contributed by atoms with Crippen LogP contribution in [0.5, 0.6) is 0 Å². The first kappa shape index (κ1) is 23.4. The van der Waals surface area contributed by atoms with E-state index in [9.17, 15) is 0 Å². The standard InChI is InChI=1S/C20H36N6O.HI/c1-3-8-24-9-5-18(6-10-24)16-22-20(21-4-2)26-13-11-25(12-14-26)17-19-7-15-27-23-19;/h7,15,18H,3-6,8-14,16-17H2,1-2H3,(H,21,22);1H. The van der Waals surface area contributed by atoms with Gasteiger partial charge in [-0.1, -0.05) is 12.1 Å². The van der Waals surface area contributed by atoms with E-state index in [1.165, 1.54) is 38.9 Å². The van der Waals surface area contributed by atoms with Crippen LogP contribution in [0.15, 0.2) is 21.8 Å². The third-order valence-electron chi connectivity index (χ3n) is 5.63. The second-order valence-corrected chi connectivity index (χ2v) is 7.73. The van der Waals surface area contributed by atoms with Gasteiger partial charge >= 0.3 is 0 Å². The number of guanidine groups is 1. The van der Waals surface area contributed by atoms with E-state index in [0.717, 1.165) is 63.4 Å². The molecule has 7 nitrogen and oxygen atoms in total. The number of aliphatic imine (C=N–C) groups is 1. The molecule has 28 heavy (non-hydrogen) atoms. The van der Waals surface area contributed by atoms with Crippen molar-refractivity contribution < 1.29 is 4.52 Å². The van der Waals surface area contributed by atoms with Gasteiger partial charge in [-0.25, -0.2) is 0 Å². The lowest BCUT2D eigenvalue weighted by Gasteiger charge is -2.36. The molecule has 160 valence electrons. The van der Waals surface area contributed by atoms with Gasteiger partial charge in [0.05, 0.1) is 5.69 Å². The van der Waals surface area contributed by atoms with Gasteiger partial charge in [0.2, 0.25) is 0 Å². The summed E-state index contributed by atoms with van der Waals surface area (Å²) < 4.78 is 4.94. The van der Waals surface area contributed by atoms with Crippen molar-refractivity contribution in [1.82, 2.24) is 25.2 Å². The largest absolute Gasteiger partial charge is 0.364 e. The smallest absolute Gasteiger partial charge is 0.194 e. The molecular formula is C20H37IN6O. The molecule has 1 aromatic heterocycles. The minimum absolute atomic E-state index is 0. The second-order valence-electron chi connectivity index (χ2n) is 7.73. The van der Waals surface area contributed by atoms with Crippen LogP contribution in [-0.2, 0) is 6.54 Å². The van der Waals surface area contributed by atoms with Crippen molar-refractivity contribution in [3.05, 3.63) is 18.0 Å². The first-order valence-corrected chi connectivity index (χ1v) is 10.7. The van der Waals surface area contributed by atoms with Crippen molar-refractivity contribution in [1.29, 1.82) is 0 Å². The third-order valence-corrected chi connectivity index (χ3v) is 5.63. The molecule has 1 aromatic rings. The summed E-state index contributed by atoms with van der Waals surface area (Å²) in [6.45, 7) is 15.0. The SMILES string of the molecule is CCCN1CCC(CN=C(NCC)N2CCN(Cc3ccon3)CC2)CC1.I. The van der Waals surface area contributed by atoms with Crippen LogP contribution >= 0.6 is 24.0 Å². The molecule has 0 bridgehead atoms. The summed E-state index contributed by atoms with van der Waals surface area (Å²) in [6, 6.07) is 1.95. The fourth-order valence-corrected chi connectivity index (χ4v) is 4.02. The zero-order valence-electron chi connectivity index (χ0n) is 17.5. The predicted molar refractivity (Wildman–Crippen MR) is 124 cm³/mol. The molecule has 0 radical (unpaired) electrons. The van der Waals surface area contributed by atoms with E-state index >= 15 is 0 Å². The molecule has 2 fully saturated rings. The summed E-state index contributed by atoms with van der Waals surface area (Å²) in [5.41, 5.74) is 1.01. The molecule has 8 heteroatoms. The van der Waals surface area contributed by atoms with Crippen molar-refractivity contribution in [2.45, 2.75) is 39.7 Å². The van der Waals surface area contributed by atoms with Crippen LogP contribution in [0.3, 0.4) is 0 Å². The van der Waals surface area contributed by atoms with Gasteiger partial charge in [-0.05, 0) is 51.7 Å². The molecule has 0 spiro atoms. The monoisotopic (exact) mass is 504 g/mol. The Labute approximate surface area is 186 Å². The highest BCUT2D eigenvalue weighted by atomic mass is 127. The number of hydrogen-bond donors (Lipinski definition) is 1.